The van der Waals surface area contributed by atoms with Crippen molar-refractivity contribution in [2.75, 3.05) is 0 Å². The van der Waals surface area contributed by atoms with Crippen molar-refractivity contribution in [1.29, 1.82) is 0 Å². The third-order valence-corrected chi connectivity index (χ3v) is 2.63. The van der Waals surface area contributed by atoms with Gasteiger partial charge in [0.1, 0.15) is 10.7 Å². The summed E-state index contributed by atoms with van der Waals surface area (Å²) in [4.78, 5) is 0.222. The van der Waals surface area contributed by atoms with E-state index in [1.807, 2.05) is 0 Å². The van der Waals surface area contributed by atoms with Gasteiger partial charge in [0.05, 0.1) is 0 Å². The van der Waals surface area contributed by atoms with E-state index in [2.05, 4.69) is 0 Å². The minimum atomic E-state index is 0.222. The highest BCUT2D eigenvalue weighted by atomic mass is 35.5. The number of hydrogen-bond donors (Lipinski definition) is 1. The van der Waals surface area contributed by atoms with Gasteiger partial charge < -0.3 is 10.2 Å². The zero-order valence-electron chi connectivity index (χ0n) is 8.04. The van der Waals surface area contributed by atoms with E-state index in [1.165, 1.54) is 0 Å². The molecule has 0 radical (unpaired) electrons. The molecule has 0 saturated carbocycles. The fourth-order valence-corrected chi connectivity index (χ4v) is 1.96. The van der Waals surface area contributed by atoms with Crippen LogP contribution in [0.4, 0.5) is 0 Å². The molecule has 1 heterocycles. The average molecular weight is 272 g/mol. The molecule has 2 N–H and O–H groups in total. The monoisotopic (exact) mass is 271 g/mol. The second-order valence-electron chi connectivity index (χ2n) is 3.19. The van der Waals surface area contributed by atoms with E-state index >= 15 is 0 Å². The molecule has 0 spiro atoms. The number of halogens is 2. The number of thiocarbonyl (C=S) groups is 1. The van der Waals surface area contributed by atoms with E-state index in [0.29, 0.717) is 21.6 Å². The number of rotatable bonds is 2. The van der Waals surface area contributed by atoms with Crippen molar-refractivity contribution in [1.82, 2.24) is 0 Å². The molecule has 1 aromatic carbocycles. The van der Waals surface area contributed by atoms with E-state index in [9.17, 15) is 0 Å². The van der Waals surface area contributed by atoms with Gasteiger partial charge in [-0.05, 0) is 30.3 Å². The van der Waals surface area contributed by atoms with Crippen LogP contribution in [0.3, 0.4) is 0 Å². The molecule has 0 aliphatic heterocycles. The van der Waals surface area contributed by atoms with Crippen LogP contribution in [-0.2, 0) is 0 Å². The molecule has 1 aromatic heterocycles. The van der Waals surface area contributed by atoms with Gasteiger partial charge in [-0.25, -0.2) is 0 Å². The predicted octanol–water partition coefficient (Wildman–Crippen LogP) is 3.89. The van der Waals surface area contributed by atoms with E-state index in [-0.39, 0.29) is 4.99 Å². The van der Waals surface area contributed by atoms with Crippen LogP contribution >= 0.6 is 35.4 Å². The van der Waals surface area contributed by atoms with Gasteiger partial charge in [-0.2, -0.15) is 0 Å². The van der Waals surface area contributed by atoms with Gasteiger partial charge in [-0.15, -0.1) is 0 Å². The summed E-state index contributed by atoms with van der Waals surface area (Å²) in [5.41, 5.74) is 6.24. The lowest BCUT2D eigenvalue weighted by atomic mass is 10.2. The molecule has 0 unspecified atom stereocenters. The Morgan fingerprint density at radius 1 is 1.12 bits per heavy atom. The number of benzene rings is 1. The Hall–Kier alpha value is -1.03. The summed E-state index contributed by atoms with van der Waals surface area (Å²) in [5.74, 6) is 1.10. The van der Waals surface area contributed by atoms with Crippen molar-refractivity contribution in [2.24, 2.45) is 5.73 Å². The highest BCUT2D eigenvalue weighted by Crippen LogP contribution is 2.28. The highest BCUT2D eigenvalue weighted by molar-refractivity contribution is 7.80. The second kappa shape index (κ2) is 4.45. The van der Waals surface area contributed by atoms with Crippen molar-refractivity contribution >= 4 is 40.4 Å². The zero-order valence-corrected chi connectivity index (χ0v) is 10.4. The predicted molar refractivity (Wildman–Crippen MR) is 70.1 cm³/mol. The van der Waals surface area contributed by atoms with Gasteiger partial charge in [-0.3, -0.25) is 0 Å². The first kappa shape index (κ1) is 11.5. The van der Waals surface area contributed by atoms with Gasteiger partial charge in [0.25, 0.3) is 0 Å². The Labute approximate surface area is 108 Å². The molecule has 5 heteroatoms. The summed E-state index contributed by atoms with van der Waals surface area (Å²) >= 11 is 16.6. The summed E-state index contributed by atoms with van der Waals surface area (Å²) in [6, 6.07) is 8.66. The number of hydrogen-bond acceptors (Lipinski definition) is 2. The molecular weight excluding hydrogens is 265 g/mol. The summed E-state index contributed by atoms with van der Waals surface area (Å²) < 4.78 is 5.46. The molecule has 2 aromatic rings. The van der Waals surface area contributed by atoms with Gasteiger partial charge in [0, 0.05) is 15.6 Å². The molecule has 2 rings (SSSR count). The van der Waals surface area contributed by atoms with Crippen molar-refractivity contribution in [3.63, 3.8) is 0 Å². The summed E-state index contributed by atoms with van der Waals surface area (Å²) in [5, 5.41) is 1.10. The maximum absolute atomic E-state index is 5.89. The fraction of sp³-hybridized carbons (Fsp3) is 0. The Morgan fingerprint density at radius 2 is 1.75 bits per heavy atom. The number of nitrogens with two attached hydrogens (primary N) is 1. The van der Waals surface area contributed by atoms with Crippen LogP contribution in [0.25, 0.3) is 11.3 Å². The third-order valence-electron chi connectivity index (χ3n) is 2.00. The first-order valence-electron chi connectivity index (χ1n) is 4.42. The van der Waals surface area contributed by atoms with Gasteiger partial charge in [0.2, 0.25) is 0 Å². The van der Waals surface area contributed by atoms with Crippen molar-refractivity contribution in [2.45, 2.75) is 0 Å². The van der Waals surface area contributed by atoms with Crippen LogP contribution < -0.4 is 5.73 Å². The third kappa shape index (κ3) is 2.38. The number of furan rings is 1. The minimum Gasteiger partial charge on any atom is -0.454 e. The van der Waals surface area contributed by atoms with Crippen LogP contribution in [-0.4, -0.2) is 4.99 Å². The van der Waals surface area contributed by atoms with Crippen LogP contribution in [0.5, 0.6) is 0 Å². The first-order valence-corrected chi connectivity index (χ1v) is 5.59. The van der Waals surface area contributed by atoms with Crippen molar-refractivity contribution in [3.05, 3.63) is 46.1 Å². The fourth-order valence-electron chi connectivity index (χ4n) is 1.32. The molecule has 82 valence electrons. The summed E-state index contributed by atoms with van der Waals surface area (Å²) in [6.07, 6.45) is 0. The summed E-state index contributed by atoms with van der Waals surface area (Å²) in [7, 11) is 0. The van der Waals surface area contributed by atoms with Gasteiger partial charge >= 0.3 is 0 Å². The normalized spacial score (nSPS) is 10.4. The lowest BCUT2D eigenvalue weighted by Gasteiger charge is -1.99. The van der Waals surface area contributed by atoms with Crippen LogP contribution in [0.2, 0.25) is 10.0 Å². The lowest BCUT2D eigenvalue weighted by Crippen LogP contribution is -2.07. The molecule has 16 heavy (non-hydrogen) atoms. The van der Waals surface area contributed by atoms with Crippen LogP contribution in [0, 0.1) is 0 Å². The van der Waals surface area contributed by atoms with E-state index in [0.717, 1.165) is 5.56 Å². The van der Waals surface area contributed by atoms with E-state index < -0.39 is 0 Å². The van der Waals surface area contributed by atoms with Crippen LogP contribution in [0.1, 0.15) is 5.76 Å². The SMILES string of the molecule is NC(=S)c1ccc(-c2cc(Cl)cc(Cl)c2)o1. The molecule has 0 aliphatic carbocycles. The lowest BCUT2D eigenvalue weighted by molar-refractivity contribution is 0.573. The molecule has 0 bridgehead atoms. The summed E-state index contributed by atoms with van der Waals surface area (Å²) in [6.45, 7) is 0. The van der Waals surface area contributed by atoms with Crippen LogP contribution in [0.15, 0.2) is 34.7 Å². The van der Waals surface area contributed by atoms with Gasteiger partial charge in [-0.1, -0.05) is 35.4 Å². The molecule has 0 aliphatic rings. The largest absolute Gasteiger partial charge is 0.454 e. The highest BCUT2D eigenvalue weighted by Gasteiger charge is 2.08. The standard InChI is InChI=1S/C11H7Cl2NOS/c12-7-3-6(4-8(13)5-7)9-1-2-10(15-9)11(14)16/h1-5H,(H2,14,16). The van der Waals surface area contributed by atoms with Gasteiger partial charge in [0.15, 0.2) is 5.76 Å². The Morgan fingerprint density at radius 3 is 2.25 bits per heavy atom. The maximum atomic E-state index is 5.89. The molecule has 0 saturated heterocycles. The molecule has 0 amide bonds. The maximum Gasteiger partial charge on any atom is 0.161 e. The molecular formula is C11H7Cl2NOS. The molecule has 0 atom stereocenters. The van der Waals surface area contributed by atoms with E-state index in [1.54, 1.807) is 30.3 Å². The quantitative estimate of drug-likeness (QED) is 0.843. The second-order valence-corrected chi connectivity index (χ2v) is 4.50. The molecule has 2 nitrogen and oxygen atoms in total. The smallest absolute Gasteiger partial charge is 0.161 e. The minimum absolute atomic E-state index is 0.222. The topological polar surface area (TPSA) is 39.2 Å². The first-order chi connectivity index (χ1) is 7.56. The Bertz CT molecular complexity index is 530. The Kier molecular flexibility index (Phi) is 3.19. The average Bonchev–Trinajstić information content (AvgIpc) is 2.64. The van der Waals surface area contributed by atoms with Crippen molar-refractivity contribution in [3.8, 4) is 11.3 Å². The van der Waals surface area contributed by atoms with Crippen molar-refractivity contribution < 1.29 is 4.42 Å². The van der Waals surface area contributed by atoms with E-state index in [4.69, 9.17) is 45.6 Å². The Balaban J connectivity index is 2.46. The molecule has 0 fully saturated rings. The zero-order chi connectivity index (χ0) is 11.7.